The molecular weight excluding hydrogens is 128 g/mol. The second-order valence-corrected chi connectivity index (χ2v) is 1.73. The van der Waals surface area contributed by atoms with Gasteiger partial charge < -0.3 is 4.74 Å². The summed E-state index contributed by atoms with van der Waals surface area (Å²) in [7, 11) is 0. The van der Waals surface area contributed by atoms with E-state index in [2.05, 4.69) is 11.3 Å². The maximum atomic E-state index is 10.6. The molecule has 0 aromatic rings. The number of carbonyl (C=O) groups is 1. The maximum Gasteiger partial charge on any atom is 0.330 e. The molecule has 0 rings (SSSR count). The van der Waals surface area contributed by atoms with E-state index in [0.717, 1.165) is 6.42 Å². The number of esters is 1. The lowest BCUT2D eigenvalue weighted by molar-refractivity contribution is -0.136. The van der Waals surface area contributed by atoms with Crippen molar-refractivity contribution in [3.63, 3.8) is 0 Å². The van der Waals surface area contributed by atoms with Crippen molar-refractivity contribution in [1.82, 2.24) is 0 Å². The van der Waals surface area contributed by atoms with Gasteiger partial charge in [0.15, 0.2) is 0 Å². The second kappa shape index (κ2) is 6.08. The highest BCUT2D eigenvalue weighted by Gasteiger charge is 1.90. The van der Waals surface area contributed by atoms with Crippen LogP contribution in [0.1, 0.15) is 13.3 Å². The fraction of sp³-hybridized carbons (Fsp3) is 0.375. The predicted molar refractivity (Wildman–Crippen MR) is 40.6 cm³/mol. The molecule has 2 heteroatoms. The van der Waals surface area contributed by atoms with E-state index >= 15 is 0 Å². The van der Waals surface area contributed by atoms with Gasteiger partial charge in [-0.1, -0.05) is 25.7 Å². The van der Waals surface area contributed by atoms with Crippen LogP contribution in [-0.4, -0.2) is 12.6 Å². The van der Waals surface area contributed by atoms with E-state index in [-0.39, 0.29) is 12.6 Å². The van der Waals surface area contributed by atoms with Crippen LogP contribution in [-0.2, 0) is 9.53 Å². The molecule has 0 heterocycles. The summed E-state index contributed by atoms with van der Waals surface area (Å²) < 4.78 is 4.65. The normalized spacial score (nSPS) is 9.70. The van der Waals surface area contributed by atoms with E-state index in [1.54, 1.807) is 6.08 Å². The van der Waals surface area contributed by atoms with Crippen LogP contribution in [0, 0.1) is 0 Å². The van der Waals surface area contributed by atoms with Crippen LogP contribution in [0.15, 0.2) is 24.8 Å². The summed E-state index contributed by atoms with van der Waals surface area (Å²) in [5.41, 5.74) is 0. The molecule has 0 unspecified atom stereocenters. The van der Waals surface area contributed by atoms with E-state index in [0.29, 0.717) is 0 Å². The van der Waals surface area contributed by atoms with E-state index in [4.69, 9.17) is 0 Å². The summed E-state index contributed by atoms with van der Waals surface area (Å²) in [4.78, 5) is 10.6. The highest BCUT2D eigenvalue weighted by Crippen LogP contribution is 1.84. The lowest BCUT2D eigenvalue weighted by Crippen LogP contribution is -1.99. The van der Waals surface area contributed by atoms with Gasteiger partial charge in [0.1, 0.15) is 6.61 Å². The van der Waals surface area contributed by atoms with Gasteiger partial charge in [0.2, 0.25) is 0 Å². The Balaban J connectivity index is 3.43. The van der Waals surface area contributed by atoms with Crippen LogP contribution < -0.4 is 0 Å². The summed E-state index contributed by atoms with van der Waals surface area (Å²) in [6.07, 6.45) is 5.57. The van der Waals surface area contributed by atoms with Crippen LogP contribution in [0.2, 0.25) is 0 Å². The van der Waals surface area contributed by atoms with Gasteiger partial charge in [-0.2, -0.15) is 0 Å². The maximum absolute atomic E-state index is 10.6. The van der Waals surface area contributed by atoms with Crippen LogP contribution in [0.25, 0.3) is 0 Å². The van der Waals surface area contributed by atoms with Crippen molar-refractivity contribution in [3.05, 3.63) is 24.8 Å². The van der Waals surface area contributed by atoms with Crippen LogP contribution in [0.3, 0.4) is 0 Å². The SMILES string of the molecule is C=CCOC(=O)/C=C/CC. The summed E-state index contributed by atoms with van der Waals surface area (Å²) in [6.45, 7) is 5.65. The molecule has 0 radical (unpaired) electrons. The molecule has 0 atom stereocenters. The molecule has 2 nitrogen and oxygen atoms in total. The average Bonchev–Trinajstić information content (AvgIpc) is 1.97. The molecule has 0 bridgehead atoms. The Hall–Kier alpha value is -1.05. The van der Waals surface area contributed by atoms with Crippen molar-refractivity contribution in [2.24, 2.45) is 0 Å². The molecule has 0 N–H and O–H groups in total. The zero-order valence-corrected chi connectivity index (χ0v) is 6.17. The van der Waals surface area contributed by atoms with E-state index in [1.807, 2.05) is 6.92 Å². The lowest BCUT2D eigenvalue weighted by Gasteiger charge is -1.93. The molecule has 0 fully saturated rings. The minimum atomic E-state index is -0.304. The van der Waals surface area contributed by atoms with Gasteiger partial charge in [-0.3, -0.25) is 0 Å². The van der Waals surface area contributed by atoms with Gasteiger partial charge in [0.05, 0.1) is 0 Å². The standard InChI is InChI=1S/C8H12O2/c1-3-5-6-8(9)10-7-4-2/h4-6H,2-3,7H2,1H3/b6-5+. The molecule has 0 aliphatic heterocycles. The van der Waals surface area contributed by atoms with Crippen molar-refractivity contribution in [1.29, 1.82) is 0 Å². The van der Waals surface area contributed by atoms with Crippen LogP contribution >= 0.6 is 0 Å². The third-order valence-corrected chi connectivity index (χ3v) is 0.833. The Bertz CT molecular complexity index is 136. The second-order valence-electron chi connectivity index (χ2n) is 1.73. The molecule has 0 saturated carbocycles. The number of carbonyl (C=O) groups excluding carboxylic acids is 1. The first-order valence-corrected chi connectivity index (χ1v) is 3.25. The quantitative estimate of drug-likeness (QED) is 0.337. The van der Waals surface area contributed by atoms with Crippen molar-refractivity contribution in [3.8, 4) is 0 Å². The topological polar surface area (TPSA) is 26.3 Å². The van der Waals surface area contributed by atoms with Gasteiger partial charge in [0.25, 0.3) is 0 Å². The Morgan fingerprint density at radius 3 is 2.90 bits per heavy atom. The first kappa shape index (κ1) is 8.95. The molecule has 0 saturated heterocycles. The number of rotatable bonds is 4. The number of hydrogen-bond acceptors (Lipinski definition) is 2. The first-order chi connectivity index (χ1) is 4.81. The van der Waals surface area contributed by atoms with Gasteiger partial charge in [-0.05, 0) is 6.42 Å². The molecule has 0 spiro atoms. The molecular formula is C8H12O2. The van der Waals surface area contributed by atoms with Crippen molar-refractivity contribution >= 4 is 5.97 Å². The fourth-order valence-electron chi connectivity index (χ4n) is 0.403. The minimum absolute atomic E-state index is 0.285. The van der Waals surface area contributed by atoms with E-state index in [1.165, 1.54) is 12.2 Å². The highest BCUT2D eigenvalue weighted by atomic mass is 16.5. The van der Waals surface area contributed by atoms with Crippen molar-refractivity contribution < 1.29 is 9.53 Å². The summed E-state index contributed by atoms with van der Waals surface area (Å²) in [6, 6.07) is 0. The first-order valence-electron chi connectivity index (χ1n) is 3.25. The smallest absolute Gasteiger partial charge is 0.330 e. The van der Waals surface area contributed by atoms with Crippen LogP contribution in [0.4, 0.5) is 0 Å². The Morgan fingerprint density at radius 2 is 2.40 bits per heavy atom. The highest BCUT2D eigenvalue weighted by molar-refractivity contribution is 5.81. The minimum Gasteiger partial charge on any atom is -0.458 e. The Kier molecular flexibility index (Phi) is 5.44. The molecule has 0 aliphatic carbocycles. The Labute approximate surface area is 61.2 Å². The summed E-state index contributed by atoms with van der Waals surface area (Å²) >= 11 is 0. The molecule has 0 aromatic heterocycles. The van der Waals surface area contributed by atoms with Gasteiger partial charge in [0, 0.05) is 6.08 Å². The summed E-state index contributed by atoms with van der Waals surface area (Å²) in [5, 5.41) is 0. The molecule has 10 heavy (non-hydrogen) atoms. The Morgan fingerprint density at radius 1 is 1.70 bits per heavy atom. The van der Waals surface area contributed by atoms with E-state index < -0.39 is 0 Å². The van der Waals surface area contributed by atoms with Gasteiger partial charge in [-0.15, -0.1) is 0 Å². The zero-order valence-electron chi connectivity index (χ0n) is 6.17. The van der Waals surface area contributed by atoms with Gasteiger partial charge >= 0.3 is 5.97 Å². The molecule has 0 aliphatic rings. The van der Waals surface area contributed by atoms with Crippen molar-refractivity contribution in [2.45, 2.75) is 13.3 Å². The fourth-order valence-corrected chi connectivity index (χ4v) is 0.403. The lowest BCUT2D eigenvalue weighted by atomic mass is 10.4. The number of allylic oxidation sites excluding steroid dienone is 1. The predicted octanol–water partition coefficient (Wildman–Crippen LogP) is 1.68. The third-order valence-electron chi connectivity index (χ3n) is 0.833. The average molecular weight is 140 g/mol. The molecule has 0 amide bonds. The van der Waals surface area contributed by atoms with E-state index in [9.17, 15) is 4.79 Å². The number of ether oxygens (including phenoxy) is 1. The largest absolute Gasteiger partial charge is 0.458 e. The van der Waals surface area contributed by atoms with Gasteiger partial charge in [-0.25, -0.2) is 4.79 Å². The molecule has 0 aromatic carbocycles. The summed E-state index contributed by atoms with van der Waals surface area (Å²) in [5.74, 6) is -0.304. The van der Waals surface area contributed by atoms with Crippen LogP contribution in [0.5, 0.6) is 0 Å². The number of hydrogen-bond donors (Lipinski definition) is 0. The zero-order chi connectivity index (χ0) is 7.82. The monoisotopic (exact) mass is 140 g/mol. The molecule has 56 valence electrons. The van der Waals surface area contributed by atoms with Crippen molar-refractivity contribution in [2.75, 3.05) is 6.61 Å². The third kappa shape index (κ3) is 5.09.